The van der Waals surface area contributed by atoms with E-state index in [1.54, 1.807) is 24.5 Å². The second kappa shape index (κ2) is 6.98. The SMILES string of the molecule is O=C(NC1c2ccccc2CC1O)c1ccc(Nc2ccncc2)cc1. The molecule has 130 valence electrons. The number of aliphatic hydroxyl groups is 1. The van der Waals surface area contributed by atoms with Crippen molar-refractivity contribution in [1.29, 1.82) is 0 Å². The van der Waals surface area contributed by atoms with Gasteiger partial charge in [-0.05, 0) is 47.5 Å². The molecule has 2 unspecified atom stereocenters. The number of hydrogen-bond donors (Lipinski definition) is 3. The van der Waals surface area contributed by atoms with Gasteiger partial charge in [-0.15, -0.1) is 0 Å². The van der Waals surface area contributed by atoms with Gasteiger partial charge in [-0.3, -0.25) is 9.78 Å². The van der Waals surface area contributed by atoms with Crippen LogP contribution in [0.15, 0.2) is 73.1 Å². The smallest absolute Gasteiger partial charge is 0.251 e. The van der Waals surface area contributed by atoms with Crippen molar-refractivity contribution in [1.82, 2.24) is 10.3 Å². The fourth-order valence-electron chi connectivity index (χ4n) is 3.28. The topological polar surface area (TPSA) is 74.2 Å². The number of fused-ring (bicyclic) bond motifs is 1. The summed E-state index contributed by atoms with van der Waals surface area (Å²) in [6, 6.07) is 18.5. The van der Waals surface area contributed by atoms with E-state index in [2.05, 4.69) is 15.6 Å². The van der Waals surface area contributed by atoms with Crippen molar-refractivity contribution in [2.24, 2.45) is 0 Å². The molecule has 1 amide bonds. The van der Waals surface area contributed by atoms with E-state index in [1.807, 2.05) is 48.5 Å². The Morgan fingerprint density at radius 2 is 1.65 bits per heavy atom. The Labute approximate surface area is 151 Å². The van der Waals surface area contributed by atoms with E-state index in [0.717, 1.165) is 22.5 Å². The summed E-state index contributed by atoms with van der Waals surface area (Å²) in [6.45, 7) is 0. The van der Waals surface area contributed by atoms with Gasteiger partial charge in [0.1, 0.15) is 0 Å². The molecule has 1 aliphatic rings. The first kappa shape index (κ1) is 16.3. The van der Waals surface area contributed by atoms with Gasteiger partial charge in [0.15, 0.2) is 0 Å². The quantitative estimate of drug-likeness (QED) is 0.679. The molecule has 0 saturated heterocycles. The van der Waals surface area contributed by atoms with Crippen molar-refractivity contribution in [2.75, 3.05) is 5.32 Å². The maximum Gasteiger partial charge on any atom is 0.251 e. The summed E-state index contributed by atoms with van der Waals surface area (Å²) >= 11 is 0. The summed E-state index contributed by atoms with van der Waals surface area (Å²) in [4.78, 5) is 16.6. The van der Waals surface area contributed by atoms with Crippen LogP contribution in [0.5, 0.6) is 0 Å². The van der Waals surface area contributed by atoms with Crippen molar-refractivity contribution in [3.05, 3.63) is 89.7 Å². The fraction of sp³-hybridized carbons (Fsp3) is 0.143. The second-order valence-electron chi connectivity index (χ2n) is 6.36. The molecular weight excluding hydrogens is 326 g/mol. The zero-order valence-corrected chi connectivity index (χ0v) is 14.1. The maximum absolute atomic E-state index is 12.6. The highest BCUT2D eigenvalue weighted by Gasteiger charge is 2.31. The average molecular weight is 345 g/mol. The van der Waals surface area contributed by atoms with Crippen LogP contribution in [0.1, 0.15) is 27.5 Å². The lowest BCUT2D eigenvalue weighted by atomic mass is 10.1. The predicted molar refractivity (Wildman–Crippen MR) is 100 cm³/mol. The zero-order valence-electron chi connectivity index (χ0n) is 14.1. The van der Waals surface area contributed by atoms with Crippen LogP contribution < -0.4 is 10.6 Å². The third kappa shape index (κ3) is 3.30. The van der Waals surface area contributed by atoms with Gasteiger partial charge in [0.05, 0.1) is 12.1 Å². The van der Waals surface area contributed by atoms with Crippen LogP contribution in [0.4, 0.5) is 11.4 Å². The van der Waals surface area contributed by atoms with E-state index in [9.17, 15) is 9.90 Å². The third-order valence-corrected chi connectivity index (χ3v) is 4.61. The molecule has 5 heteroatoms. The molecule has 1 heterocycles. The van der Waals surface area contributed by atoms with Crippen molar-refractivity contribution in [3.63, 3.8) is 0 Å². The summed E-state index contributed by atoms with van der Waals surface area (Å²) in [5, 5.41) is 16.5. The molecule has 0 fully saturated rings. The minimum Gasteiger partial charge on any atom is -0.390 e. The summed E-state index contributed by atoms with van der Waals surface area (Å²) in [5.74, 6) is -0.193. The Morgan fingerprint density at radius 3 is 2.42 bits per heavy atom. The molecule has 3 N–H and O–H groups in total. The van der Waals surface area contributed by atoms with Gasteiger partial charge in [0.2, 0.25) is 0 Å². The van der Waals surface area contributed by atoms with E-state index in [4.69, 9.17) is 0 Å². The predicted octanol–water partition coefficient (Wildman–Crippen LogP) is 3.21. The normalized spacial score (nSPS) is 18.2. The van der Waals surface area contributed by atoms with Gasteiger partial charge in [-0.1, -0.05) is 24.3 Å². The van der Waals surface area contributed by atoms with Crippen molar-refractivity contribution in [3.8, 4) is 0 Å². The van der Waals surface area contributed by atoms with Crippen LogP contribution in [0.3, 0.4) is 0 Å². The average Bonchev–Trinajstić information content (AvgIpc) is 2.98. The number of aromatic nitrogens is 1. The van der Waals surface area contributed by atoms with Gasteiger partial charge in [-0.25, -0.2) is 0 Å². The highest BCUT2D eigenvalue weighted by molar-refractivity contribution is 5.95. The van der Waals surface area contributed by atoms with E-state index in [-0.39, 0.29) is 11.9 Å². The lowest BCUT2D eigenvalue weighted by Crippen LogP contribution is -2.33. The Bertz CT molecular complexity index is 910. The van der Waals surface area contributed by atoms with Gasteiger partial charge in [0.25, 0.3) is 5.91 Å². The molecule has 1 aromatic heterocycles. The Kier molecular flexibility index (Phi) is 4.37. The number of nitrogens with zero attached hydrogens (tertiary/aromatic N) is 1. The van der Waals surface area contributed by atoms with Crippen LogP contribution in [0, 0.1) is 0 Å². The highest BCUT2D eigenvalue weighted by atomic mass is 16.3. The number of carbonyl (C=O) groups excluding carboxylic acids is 1. The van der Waals surface area contributed by atoms with Crippen molar-refractivity contribution in [2.45, 2.75) is 18.6 Å². The molecule has 3 aromatic rings. The zero-order chi connectivity index (χ0) is 17.9. The van der Waals surface area contributed by atoms with Crippen LogP contribution in [0.25, 0.3) is 0 Å². The molecule has 0 saturated carbocycles. The Morgan fingerprint density at radius 1 is 0.962 bits per heavy atom. The van der Waals surface area contributed by atoms with E-state index in [1.165, 1.54) is 0 Å². The Hall–Kier alpha value is -3.18. The number of rotatable bonds is 4. The molecule has 0 bridgehead atoms. The van der Waals surface area contributed by atoms with Crippen LogP contribution >= 0.6 is 0 Å². The molecule has 2 atom stereocenters. The number of anilines is 2. The largest absolute Gasteiger partial charge is 0.390 e. The number of aliphatic hydroxyl groups excluding tert-OH is 1. The van der Waals surface area contributed by atoms with Gasteiger partial charge in [0, 0.05) is 35.8 Å². The third-order valence-electron chi connectivity index (χ3n) is 4.61. The van der Waals surface area contributed by atoms with Crippen LogP contribution in [0.2, 0.25) is 0 Å². The molecule has 2 aromatic carbocycles. The summed E-state index contributed by atoms with van der Waals surface area (Å²) in [5.41, 5.74) is 4.45. The van der Waals surface area contributed by atoms with Crippen molar-refractivity contribution < 1.29 is 9.90 Å². The summed E-state index contributed by atoms with van der Waals surface area (Å²) in [6.07, 6.45) is 3.41. The number of amides is 1. The number of pyridine rings is 1. The monoisotopic (exact) mass is 345 g/mol. The molecule has 5 nitrogen and oxygen atoms in total. The van der Waals surface area contributed by atoms with Gasteiger partial charge >= 0.3 is 0 Å². The number of carbonyl (C=O) groups is 1. The summed E-state index contributed by atoms with van der Waals surface area (Å²) in [7, 11) is 0. The molecule has 26 heavy (non-hydrogen) atoms. The lowest BCUT2D eigenvalue weighted by Gasteiger charge is -2.18. The molecule has 1 aliphatic carbocycles. The van der Waals surface area contributed by atoms with Crippen LogP contribution in [-0.4, -0.2) is 22.1 Å². The van der Waals surface area contributed by atoms with E-state index in [0.29, 0.717) is 12.0 Å². The molecule has 4 rings (SSSR count). The molecular formula is C21H19N3O2. The first-order valence-corrected chi connectivity index (χ1v) is 8.54. The van der Waals surface area contributed by atoms with Gasteiger partial charge < -0.3 is 15.7 Å². The molecule has 0 spiro atoms. The molecule has 0 radical (unpaired) electrons. The summed E-state index contributed by atoms with van der Waals surface area (Å²) < 4.78 is 0. The standard InChI is InChI=1S/C21H19N3O2/c25-19-13-15-3-1-2-4-18(15)20(19)24-21(26)14-5-7-16(8-6-14)23-17-9-11-22-12-10-17/h1-12,19-20,25H,13H2,(H,22,23)(H,24,26). The number of hydrogen-bond acceptors (Lipinski definition) is 4. The number of nitrogens with one attached hydrogen (secondary N) is 2. The minimum absolute atomic E-state index is 0.193. The first-order chi connectivity index (χ1) is 12.7. The van der Waals surface area contributed by atoms with Crippen LogP contribution in [-0.2, 0) is 6.42 Å². The number of benzene rings is 2. The second-order valence-corrected chi connectivity index (χ2v) is 6.36. The van der Waals surface area contributed by atoms with Crippen molar-refractivity contribution >= 4 is 17.3 Å². The molecule has 0 aliphatic heterocycles. The maximum atomic E-state index is 12.6. The van der Waals surface area contributed by atoms with E-state index < -0.39 is 6.10 Å². The highest BCUT2D eigenvalue weighted by Crippen LogP contribution is 2.31. The Balaban J connectivity index is 1.45. The van der Waals surface area contributed by atoms with Gasteiger partial charge in [-0.2, -0.15) is 0 Å². The lowest BCUT2D eigenvalue weighted by molar-refractivity contribution is 0.0858. The first-order valence-electron chi connectivity index (χ1n) is 8.54. The van der Waals surface area contributed by atoms with E-state index >= 15 is 0 Å². The minimum atomic E-state index is -0.594. The fourth-order valence-corrected chi connectivity index (χ4v) is 3.28.